The zero-order valence-corrected chi connectivity index (χ0v) is 22.7. The summed E-state index contributed by atoms with van der Waals surface area (Å²) < 4.78 is 0. The maximum Gasteiger partial charge on any atom is 0.188 e. The van der Waals surface area contributed by atoms with E-state index in [0.29, 0.717) is 27.6 Å². The average Bonchev–Trinajstić information content (AvgIpc) is 3.11. The lowest BCUT2D eigenvalue weighted by Crippen LogP contribution is -2.50. The molecule has 0 N–H and O–H groups in total. The van der Waals surface area contributed by atoms with Crippen molar-refractivity contribution in [2.45, 2.75) is 124 Å². The molecule has 4 aliphatic rings. The third kappa shape index (κ3) is 4.52. The van der Waals surface area contributed by atoms with Gasteiger partial charge in [0.25, 0.3) is 0 Å². The molecule has 0 saturated heterocycles. The minimum absolute atomic E-state index is 0.390. The molecule has 0 radical (unpaired) electrons. The lowest BCUT2D eigenvalue weighted by atomic mass is 9.47. The van der Waals surface area contributed by atoms with Crippen LogP contribution in [-0.2, 0) is 4.79 Å². The maximum absolute atomic E-state index is 12.0. The summed E-state index contributed by atoms with van der Waals surface area (Å²) in [6.45, 7) is 14.7. The molecule has 0 aromatic carbocycles. The highest BCUT2D eigenvalue weighted by atomic mass is 32.2. The smallest absolute Gasteiger partial charge is 0.188 e. The Morgan fingerprint density at radius 2 is 1.84 bits per heavy atom. The topological polar surface area (TPSA) is 17.1 Å². The third-order valence-corrected chi connectivity index (χ3v) is 12.1. The van der Waals surface area contributed by atoms with Crippen LogP contribution in [0.25, 0.3) is 0 Å². The Morgan fingerprint density at radius 3 is 2.56 bits per heavy atom. The summed E-state index contributed by atoms with van der Waals surface area (Å²) in [5.41, 5.74) is 2.73. The highest BCUT2D eigenvalue weighted by Crippen LogP contribution is 2.67. The molecule has 0 aromatic heterocycles. The molecular weight excluding hydrogens is 408 g/mol. The number of carbonyl (C=O) groups is 1. The molecule has 0 spiro atoms. The molecule has 0 amide bonds. The van der Waals surface area contributed by atoms with Gasteiger partial charge < -0.3 is 0 Å². The van der Waals surface area contributed by atoms with Crippen LogP contribution in [0.3, 0.4) is 0 Å². The van der Waals surface area contributed by atoms with E-state index in [2.05, 4.69) is 40.7 Å². The second kappa shape index (κ2) is 9.79. The van der Waals surface area contributed by atoms with Gasteiger partial charge in [-0.15, -0.1) is 0 Å². The van der Waals surface area contributed by atoms with Crippen molar-refractivity contribution in [2.75, 3.05) is 0 Å². The zero-order valence-electron chi connectivity index (χ0n) is 21.9. The summed E-state index contributed by atoms with van der Waals surface area (Å²) in [6, 6.07) is 0. The van der Waals surface area contributed by atoms with E-state index in [9.17, 15) is 4.79 Å². The van der Waals surface area contributed by atoms with E-state index in [1.54, 1.807) is 17.3 Å². The summed E-state index contributed by atoms with van der Waals surface area (Å²) >= 11 is 1.65. The van der Waals surface area contributed by atoms with Crippen LogP contribution in [0, 0.1) is 46.3 Å². The minimum atomic E-state index is 0.390. The highest BCUT2D eigenvalue weighted by molar-refractivity contribution is 8.14. The predicted octanol–water partition coefficient (Wildman–Crippen LogP) is 9.07. The summed E-state index contributed by atoms with van der Waals surface area (Å²) in [4.78, 5) is 12.0. The van der Waals surface area contributed by atoms with Gasteiger partial charge in [-0.3, -0.25) is 4.79 Å². The Balaban J connectivity index is 1.45. The normalized spacial score (nSPS) is 42.1. The molecule has 8 atom stereocenters. The number of thioether (sulfide) groups is 1. The Labute approximate surface area is 203 Å². The lowest BCUT2D eigenvalue weighted by Gasteiger charge is -2.58. The van der Waals surface area contributed by atoms with Crippen molar-refractivity contribution in [2.24, 2.45) is 46.3 Å². The van der Waals surface area contributed by atoms with Crippen LogP contribution in [0.5, 0.6) is 0 Å². The molecule has 32 heavy (non-hydrogen) atoms. The first kappa shape index (κ1) is 24.9. The Bertz CT molecular complexity index is 710. The van der Waals surface area contributed by atoms with Gasteiger partial charge in [0.05, 0.1) is 0 Å². The van der Waals surface area contributed by atoms with Crippen LogP contribution in [-0.4, -0.2) is 10.4 Å². The van der Waals surface area contributed by atoms with Gasteiger partial charge in [0, 0.05) is 11.7 Å². The summed E-state index contributed by atoms with van der Waals surface area (Å²) in [6.07, 6.45) is 18.6. The molecule has 2 heteroatoms. The fourth-order valence-electron chi connectivity index (χ4n) is 9.02. The van der Waals surface area contributed by atoms with Crippen LogP contribution >= 0.6 is 11.8 Å². The van der Waals surface area contributed by atoms with Crippen LogP contribution in [0.2, 0.25) is 0 Å². The summed E-state index contributed by atoms with van der Waals surface area (Å²) in [5, 5.41) is 0.926. The fraction of sp³-hybridized carbons (Fsp3) is 0.900. The van der Waals surface area contributed by atoms with E-state index >= 15 is 0 Å². The molecular formula is C30H50OS. The quantitative estimate of drug-likeness (QED) is 0.354. The maximum atomic E-state index is 12.0. The van der Waals surface area contributed by atoms with Gasteiger partial charge in [0.1, 0.15) is 0 Å². The Morgan fingerprint density at radius 1 is 1.06 bits per heavy atom. The van der Waals surface area contributed by atoms with Crippen LogP contribution in [0.4, 0.5) is 0 Å². The van der Waals surface area contributed by atoms with Gasteiger partial charge in [0.15, 0.2) is 5.12 Å². The molecule has 4 aliphatic carbocycles. The molecule has 1 nitrogen and oxygen atoms in total. The van der Waals surface area contributed by atoms with Crippen LogP contribution in [0.1, 0.15) is 119 Å². The van der Waals surface area contributed by atoms with Crippen molar-refractivity contribution in [3.8, 4) is 0 Å². The second-order valence-corrected chi connectivity index (χ2v) is 14.4. The number of hydrogen-bond acceptors (Lipinski definition) is 2. The summed E-state index contributed by atoms with van der Waals surface area (Å²) in [7, 11) is 0. The number of fused-ring (bicyclic) bond motifs is 5. The monoisotopic (exact) mass is 458 g/mol. The van der Waals surface area contributed by atoms with Gasteiger partial charge in [-0.1, -0.05) is 84.2 Å². The van der Waals surface area contributed by atoms with E-state index < -0.39 is 0 Å². The van der Waals surface area contributed by atoms with E-state index in [4.69, 9.17) is 0 Å². The van der Waals surface area contributed by atoms with Crippen molar-refractivity contribution in [3.63, 3.8) is 0 Å². The number of allylic oxidation sites excluding steroid dienone is 2. The zero-order chi connectivity index (χ0) is 23.1. The van der Waals surface area contributed by atoms with Gasteiger partial charge in [-0.25, -0.2) is 0 Å². The molecule has 0 unspecified atom stereocenters. The highest BCUT2D eigenvalue weighted by Gasteiger charge is 2.59. The second-order valence-electron chi connectivity index (χ2n) is 13.0. The van der Waals surface area contributed by atoms with Gasteiger partial charge in [-0.2, -0.15) is 0 Å². The van der Waals surface area contributed by atoms with Crippen LogP contribution in [0.15, 0.2) is 11.6 Å². The first-order valence-electron chi connectivity index (χ1n) is 14.1. The van der Waals surface area contributed by atoms with Crippen LogP contribution < -0.4 is 0 Å². The predicted molar refractivity (Wildman–Crippen MR) is 140 cm³/mol. The van der Waals surface area contributed by atoms with Crippen molar-refractivity contribution in [1.29, 1.82) is 0 Å². The molecule has 0 aliphatic heterocycles. The van der Waals surface area contributed by atoms with Gasteiger partial charge in [0.2, 0.25) is 0 Å². The van der Waals surface area contributed by atoms with Gasteiger partial charge >= 0.3 is 0 Å². The average molecular weight is 459 g/mol. The molecule has 0 heterocycles. The number of rotatable bonds is 7. The SMILES string of the molecule is CCC(=O)S[C@H]1CC[C@@]2(C)C(=CC[C@H]3[C@@H]4CC[C@H]([C@H](C)CCCC(C)C)[C@@]4(C)CC[C@@H]32)C1. The Kier molecular flexibility index (Phi) is 7.61. The molecule has 4 rings (SSSR count). The van der Waals surface area contributed by atoms with Crippen molar-refractivity contribution < 1.29 is 4.79 Å². The summed E-state index contributed by atoms with van der Waals surface area (Å²) in [5.74, 6) is 5.45. The molecule has 3 fully saturated rings. The number of carbonyl (C=O) groups excluding carboxylic acids is 1. The molecule has 0 aromatic rings. The van der Waals surface area contributed by atoms with Gasteiger partial charge in [-0.05, 0) is 97.7 Å². The standard InChI is InChI=1S/C30H50OS/c1-7-28(31)32-23-15-17-29(5)22(19-23)11-12-24-26-14-13-25(21(4)10-8-9-20(2)3)30(26,6)18-16-27(24)29/h11,20-21,23-27H,7-10,12-19H2,1-6H3/t21-,23+,24+,25-,26+,27+,29+,30-/m1/s1. The molecule has 0 bridgehead atoms. The lowest BCUT2D eigenvalue weighted by molar-refractivity contribution is -0.110. The van der Waals surface area contributed by atoms with E-state index in [0.717, 1.165) is 35.5 Å². The van der Waals surface area contributed by atoms with Crippen molar-refractivity contribution in [1.82, 2.24) is 0 Å². The van der Waals surface area contributed by atoms with E-state index in [-0.39, 0.29) is 0 Å². The number of hydrogen-bond donors (Lipinski definition) is 0. The van der Waals surface area contributed by atoms with E-state index in [1.807, 2.05) is 6.92 Å². The first-order chi connectivity index (χ1) is 15.2. The largest absolute Gasteiger partial charge is 0.287 e. The van der Waals surface area contributed by atoms with E-state index in [1.165, 1.54) is 70.6 Å². The molecule has 3 saturated carbocycles. The van der Waals surface area contributed by atoms with Crippen molar-refractivity contribution in [3.05, 3.63) is 11.6 Å². The Hall–Kier alpha value is -0.240. The minimum Gasteiger partial charge on any atom is -0.287 e. The molecule has 182 valence electrons. The third-order valence-electron chi connectivity index (χ3n) is 10.8. The fourth-order valence-corrected chi connectivity index (χ4v) is 10.1. The van der Waals surface area contributed by atoms with Crippen molar-refractivity contribution >= 4 is 16.9 Å². The first-order valence-corrected chi connectivity index (χ1v) is 15.0.